The average Bonchev–Trinajstić information content (AvgIpc) is 2.90. The fourth-order valence-electron chi connectivity index (χ4n) is 5.26. The number of carbonyl (C=O) groups excluding carboxylic acids is 2. The molecule has 2 aromatic rings. The second kappa shape index (κ2) is 11.5. The van der Waals surface area contributed by atoms with Crippen LogP contribution >= 0.6 is 0 Å². The van der Waals surface area contributed by atoms with Crippen LogP contribution in [0.2, 0.25) is 0 Å². The minimum atomic E-state index is -1.72. The van der Waals surface area contributed by atoms with Crippen LogP contribution in [0.3, 0.4) is 0 Å². The Kier molecular flexibility index (Phi) is 8.24. The summed E-state index contributed by atoms with van der Waals surface area (Å²) in [6.45, 7) is 1.53. The number of aliphatic hydroxyl groups is 1. The highest BCUT2D eigenvalue weighted by molar-refractivity contribution is 5.92. The molecule has 0 bridgehead atoms. The smallest absolute Gasteiger partial charge is 0.343 e. The Bertz CT molecular complexity index is 930. The monoisotopic (exact) mass is 466 g/mol. The van der Waals surface area contributed by atoms with Crippen LogP contribution in [0.15, 0.2) is 48.9 Å². The van der Waals surface area contributed by atoms with Gasteiger partial charge in [-0.05, 0) is 50.3 Å². The number of rotatable bonds is 8. The van der Waals surface area contributed by atoms with Crippen molar-refractivity contribution in [2.24, 2.45) is 17.8 Å². The lowest BCUT2D eigenvalue weighted by atomic mass is 9.73. The van der Waals surface area contributed by atoms with Gasteiger partial charge in [0, 0.05) is 18.3 Å². The van der Waals surface area contributed by atoms with Crippen LogP contribution in [-0.2, 0) is 19.9 Å². The van der Waals surface area contributed by atoms with Crippen molar-refractivity contribution >= 4 is 17.7 Å². The van der Waals surface area contributed by atoms with Crippen LogP contribution in [0.1, 0.15) is 50.5 Å². The summed E-state index contributed by atoms with van der Waals surface area (Å²) in [6, 6.07) is 9.06. The maximum Gasteiger partial charge on any atom is 0.343 e. The average molecular weight is 467 g/mol. The van der Waals surface area contributed by atoms with Crippen LogP contribution < -0.4 is 10.6 Å². The van der Waals surface area contributed by atoms with Crippen molar-refractivity contribution in [3.05, 3.63) is 54.5 Å². The number of anilines is 1. The van der Waals surface area contributed by atoms with Gasteiger partial charge in [-0.3, -0.25) is 9.78 Å². The van der Waals surface area contributed by atoms with E-state index in [1.807, 2.05) is 18.2 Å². The van der Waals surface area contributed by atoms with E-state index in [1.54, 1.807) is 12.1 Å². The van der Waals surface area contributed by atoms with Gasteiger partial charge < -0.3 is 20.5 Å². The van der Waals surface area contributed by atoms with E-state index in [1.165, 1.54) is 18.6 Å². The summed E-state index contributed by atoms with van der Waals surface area (Å²) in [5, 5.41) is 17.9. The largest absolute Gasteiger partial charge is 0.462 e. The molecule has 3 N–H and O–H groups in total. The lowest BCUT2D eigenvalue weighted by molar-refractivity contribution is -0.177. The van der Waals surface area contributed by atoms with E-state index in [9.17, 15) is 14.7 Å². The van der Waals surface area contributed by atoms with Gasteiger partial charge in [0.25, 0.3) is 0 Å². The number of hydrogen-bond donors (Lipinski definition) is 3. The molecule has 1 saturated carbocycles. The molecule has 4 rings (SSSR count). The molecule has 1 aromatic carbocycles. The second-order valence-electron chi connectivity index (χ2n) is 9.34. The first kappa shape index (κ1) is 24.3. The highest BCUT2D eigenvalue weighted by atomic mass is 16.6. The van der Waals surface area contributed by atoms with Gasteiger partial charge in [-0.25, -0.2) is 9.78 Å². The van der Waals surface area contributed by atoms with Crippen LogP contribution in [0.5, 0.6) is 0 Å². The number of esters is 1. The van der Waals surface area contributed by atoms with Crippen molar-refractivity contribution in [1.82, 2.24) is 15.3 Å². The number of nitrogens with one attached hydrogen (secondary N) is 2. The summed E-state index contributed by atoms with van der Waals surface area (Å²) >= 11 is 0. The van der Waals surface area contributed by atoms with Gasteiger partial charge >= 0.3 is 5.97 Å². The molecule has 1 amide bonds. The Balaban J connectivity index is 1.52. The lowest BCUT2D eigenvalue weighted by Gasteiger charge is -2.37. The number of hydrogen-bond acceptors (Lipinski definition) is 7. The van der Waals surface area contributed by atoms with Gasteiger partial charge in [-0.15, -0.1) is 0 Å². The molecule has 2 atom stereocenters. The van der Waals surface area contributed by atoms with E-state index in [-0.39, 0.29) is 24.3 Å². The molecule has 182 valence electrons. The quantitative estimate of drug-likeness (QED) is 0.513. The van der Waals surface area contributed by atoms with Crippen LogP contribution in [-0.4, -0.2) is 46.6 Å². The number of benzene rings is 1. The number of carbonyl (C=O) groups is 2. The third-order valence-electron chi connectivity index (χ3n) is 7.22. The van der Waals surface area contributed by atoms with Gasteiger partial charge in [0.1, 0.15) is 6.61 Å². The molecule has 34 heavy (non-hydrogen) atoms. The summed E-state index contributed by atoms with van der Waals surface area (Å²) in [5.41, 5.74) is -1.17. The van der Waals surface area contributed by atoms with E-state index in [0.29, 0.717) is 11.4 Å². The standard InChI is InChI=1S/C26H34N4O4/c31-24(30-23-17-28-15-16-29-23)22(19-11-13-27-14-12-19)18-34-25(32)26(33,20-7-3-1-4-8-20)21-9-5-2-6-10-21/h1,3-4,7-8,15-17,19,21-22,27,33H,2,5-6,9-14,18H2,(H,29,30,31). The van der Waals surface area contributed by atoms with Crippen molar-refractivity contribution < 1.29 is 19.4 Å². The molecule has 8 nitrogen and oxygen atoms in total. The number of ether oxygens (including phenoxy) is 1. The maximum atomic E-state index is 13.5. The normalized spacial score (nSPS) is 20.1. The topological polar surface area (TPSA) is 113 Å². The zero-order valence-electron chi connectivity index (χ0n) is 19.5. The van der Waals surface area contributed by atoms with Crippen LogP contribution in [0.25, 0.3) is 0 Å². The molecule has 8 heteroatoms. The Morgan fingerprint density at radius 2 is 1.82 bits per heavy atom. The summed E-state index contributed by atoms with van der Waals surface area (Å²) in [6.07, 6.45) is 10.8. The van der Waals surface area contributed by atoms with Crippen LogP contribution in [0, 0.1) is 17.8 Å². The van der Waals surface area contributed by atoms with E-state index < -0.39 is 17.5 Å². The van der Waals surface area contributed by atoms with E-state index in [0.717, 1.165) is 58.0 Å². The summed E-state index contributed by atoms with van der Waals surface area (Å²) in [7, 11) is 0. The molecule has 2 unspecified atom stereocenters. The minimum Gasteiger partial charge on any atom is -0.462 e. The zero-order chi connectivity index (χ0) is 23.8. The third kappa shape index (κ3) is 5.62. The Morgan fingerprint density at radius 1 is 1.09 bits per heavy atom. The second-order valence-corrected chi connectivity index (χ2v) is 9.34. The number of aromatic nitrogens is 2. The molecule has 2 fully saturated rings. The molecule has 1 aliphatic heterocycles. The third-order valence-corrected chi connectivity index (χ3v) is 7.22. The molecule has 1 aromatic heterocycles. The van der Waals surface area contributed by atoms with Crippen LogP contribution in [0.4, 0.5) is 5.82 Å². The molecule has 2 aliphatic rings. The lowest BCUT2D eigenvalue weighted by Crippen LogP contribution is -2.47. The first-order chi connectivity index (χ1) is 16.6. The summed E-state index contributed by atoms with van der Waals surface area (Å²) in [4.78, 5) is 34.8. The number of amides is 1. The predicted octanol–water partition coefficient (Wildman–Crippen LogP) is 3.04. The van der Waals surface area contributed by atoms with Gasteiger partial charge in [-0.2, -0.15) is 0 Å². The molecule has 2 heterocycles. The van der Waals surface area contributed by atoms with Crippen molar-refractivity contribution in [3.63, 3.8) is 0 Å². The Hall–Kier alpha value is -2.84. The first-order valence-corrected chi connectivity index (χ1v) is 12.3. The summed E-state index contributed by atoms with van der Waals surface area (Å²) < 4.78 is 5.78. The van der Waals surface area contributed by atoms with E-state index >= 15 is 0 Å². The van der Waals surface area contributed by atoms with Gasteiger partial charge in [0.05, 0.1) is 12.1 Å². The molecule has 1 saturated heterocycles. The first-order valence-electron chi connectivity index (χ1n) is 12.3. The molecule has 1 aliphatic carbocycles. The number of piperidine rings is 1. The van der Waals surface area contributed by atoms with Crippen molar-refractivity contribution in [3.8, 4) is 0 Å². The molecular weight excluding hydrogens is 432 g/mol. The van der Waals surface area contributed by atoms with Crippen molar-refractivity contribution in [1.29, 1.82) is 0 Å². The highest BCUT2D eigenvalue weighted by Crippen LogP contribution is 2.40. The van der Waals surface area contributed by atoms with E-state index in [2.05, 4.69) is 20.6 Å². The van der Waals surface area contributed by atoms with Crippen molar-refractivity contribution in [2.45, 2.75) is 50.5 Å². The fraction of sp³-hybridized carbons (Fsp3) is 0.538. The predicted molar refractivity (Wildman–Crippen MR) is 128 cm³/mol. The summed E-state index contributed by atoms with van der Waals surface area (Å²) in [5.74, 6) is -1.25. The Labute approximate surface area is 200 Å². The van der Waals surface area contributed by atoms with Gasteiger partial charge in [0.15, 0.2) is 11.4 Å². The molecular formula is C26H34N4O4. The van der Waals surface area contributed by atoms with Crippen molar-refractivity contribution in [2.75, 3.05) is 25.0 Å². The van der Waals surface area contributed by atoms with Gasteiger partial charge in [-0.1, -0.05) is 49.6 Å². The molecule has 0 radical (unpaired) electrons. The number of nitrogens with zero attached hydrogens (tertiary/aromatic N) is 2. The SMILES string of the molecule is O=C(Nc1cnccn1)C(COC(=O)C(O)(c1ccccc1)C1CCCCC1)C1CCNCC1. The zero-order valence-corrected chi connectivity index (χ0v) is 19.5. The minimum absolute atomic E-state index is 0.0604. The fourth-order valence-corrected chi connectivity index (χ4v) is 5.26. The highest BCUT2D eigenvalue weighted by Gasteiger charge is 2.47. The maximum absolute atomic E-state index is 13.5. The Morgan fingerprint density at radius 3 is 2.50 bits per heavy atom. The van der Waals surface area contributed by atoms with E-state index in [4.69, 9.17) is 4.74 Å². The van der Waals surface area contributed by atoms with Gasteiger partial charge in [0.2, 0.25) is 5.91 Å². The molecule has 0 spiro atoms.